The van der Waals surface area contributed by atoms with Crippen LogP contribution in [0.5, 0.6) is 0 Å². The number of aliphatic hydroxyl groups excluding tert-OH is 1. The molecule has 110 valence electrons. The van der Waals surface area contributed by atoms with Gasteiger partial charge in [-0.3, -0.25) is 0 Å². The summed E-state index contributed by atoms with van der Waals surface area (Å²) in [5, 5.41) is 13.5. The lowest BCUT2D eigenvalue weighted by molar-refractivity contribution is 0.135. The standard InChI is InChI=1S/C16H29NOS/c1-6-8-9-12(7-2)10-14(18)13-11-19-15(17-13)16(3,4)5/h11-12,14,18H,6-10H2,1-5H3. The Balaban J connectivity index is 2.61. The zero-order valence-electron chi connectivity index (χ0n) is 13.1. The molecule has 0 aliphatic rings. The lowest BCUT2D eigenvalue weighted by Crippen LogP contribution is -2.12. The van der Waals surface area contributed by atoms with E-state index in [2.05, 4.69) is 39.6 Å². The highest BCUT2D eigenvalue weighted by Gasteiger charge is 2.22. The van der Waals surface area contributed by atoms with Crippen LogP contribution in [0.1, 0.15) is 83.5 Å². The van der Waals surface area contributed by atoms with Crippen molar-refractivity contribution in [3.05, 3.63) is 16.1 Å². The van der Waals surface area contributed by atoms with Gasteiger partial charge in [-0.25, -0.2) is 4.98 Å². The maximum absolute atomic E-state index is 10.3. The van der Waals surface area contributed by atoms with Crippen molar-refractivity contribution < 1.29 is 5.11 Å². The second-order valence-electron chi connectivity index (χ2n) is 6.50. The van der Waals surface area contributed by atoms with E-state index in [1.165, 1.54) is 19.3 Å². The van der Waals surface area contributed by atoms with Gasteiger partial charge >= 0.3 is 0 Å². The molecule has 0 spiro atoms. The molecule has 2 nitrogen and oxygen atoms in total. The summed E-state index contributed by atoms with van der Waals surface area (Å²) >= 11 is 1.67. The highest BCUT2D eigenvalue weighted by Crippen LogP contribution is 2.31. The van der Waals surface area contributed by atoms with Crippen LogP contribution in [-0.4, -0.2) is 10.1 Å². The van der Waals surface area contributed by atoms with Crippen LogP contribution in [0.25, 0.3) is 0 Å². The second kappa shape index (κ2) is 7.39. The smallest absolute Gasteiger partial charge is 0.0983 e. The monoisotopic (exact) mass is 283 g/mol. The van der Waals surface area contributed by atoms with Crippen LogP contribution >= 0.6 is 11.3 Å². The Bertz CT molecular complexity index is 367. The second-order valence-corrected chi connectivity index (χ2v) is 7.35. The van der Waals surface area contributed by atoms with Crippen LogP contribution in [0.4, 0.5) is 0 Å². The number of rotatable bonds is 7. The molecule has 19 heavy (non-hydrogen) atoms. The van der Waals surface area contributed by atoms with E-state index in [0.717, 1.165) is 23.5 Å². The van der Waals surface area contributed by atoms with Gasteiger partial charge in [-0.1, -0.05) is 60.3 Å². The number of unbranched alkanes of at least 4 members (excludes halogenated alkanes) is 1. The minimum Gasteiger partial charge on any atom is -0.387 e. The summed E-state index contributed by atoms with van der Waals surface area (Å²) in [6, 6.07) is 0. The zero-order chi connectivity index (χ0) is 14.5. The number of nitrogens with zero attached hydrogens (tertiary/aromatic N) is 1. The van der Waals surface area contributed by atoms with Crippen LogP contribution in [0.2, 0.25) is 0 Å². The summed E-state index contributed by atoms with van der Waals surface area (Å²) in [5.41, 5.74) is 0.944. The summed E-state index contributed by atoms with van der Waals surface area (Å²) < 4.78 is 0. The van der Waals surface area contributed by atoms with Crippen molar-refractivity contribution in [1.29, 1.82) is 0 Å². The molecule has 1 heterocycles. The quantitative estimate of drug-likeness (QED) is 0.757. The molecule has 0 saturated heterocycles. The van der Waals surface area contributed by atoms with E-state index in [9.17, 15) is 5.11 Å². The van der Waals surface area contributed by atoms with Gasteiger partial charge in [-0.05, 0) is 12.3 Å². The Hall–Kier alpha value is -0.410. The molecule has 0 aliphatic carbocycles. The molecule has 0 amide bonds. The normalized spacial score (nSPS) is 15.5. The maximum atomic E-state index is 10.3. The molecule has 0 aromatic carbocycles. The van der Waals surface area contributed by atoms with Gasteiger partial charge in [0.25, 0.3) is 0 Å². The number of aromatic nitrogens is 1. The summed E-state index contributed by atoms with van der Waals surface area (Å²) in [4.78, 5) is 4.62. The predicted molar refractivity (Wildman–Crippen MR) is 83.7 cm³/mol. The lowest BCUT2D eigenvalue weighted by Gasteiger charge is -2.18. The maximum Gasteiger partial charge on any atom is 0.0983 e. The third kappa shape index (κ3) is 5.23. The predicted octanol–water partition coefficient (Wildman–Crippen LogP) is 5.08. The highest BCUT2D eigenvalue weighted by molar-refractivity contribution is 7.09. The number of hydrogen-bond donors (Lipinski definition) is 1. The van der Waals surface area contributed by atoms with E-state index in [-0.39, 0.29) is 5.41 Å². The van der Waals surface area contributed by atoms with Crippen molar-refractivity contribution in [1.82, 2.24) is 4.98 Å². The molecule has 2 unspecified atom stereocenters. The molecule has 0 saturated carbocycles. The van der Waals surface area contributed by atoms with Crippen LogP contribution in [-0.2, 0) is 5.41 Å². The summed E-state index contributed by atoms with van der Waals surface area (Å²) in [6.45, 7) is 10.9. The average molecular weight is 283 g/mol. The van der Waals surface area contributed by atoms with Gasteiger partial charge in [0.1, 0.15) is 0 Å². The Morgan fingerprint density at radius 3 is 2.47 bits per heavy atom. The van der Waals surface area contributed by atoms with Crippen LogP contribution in [0.15, 0.2) is 5.38 Å². The molecule has 2 atom stereocenters. The molecular weight excluding hydrogens is 254 g/mol. The molecular formula is C16H29NOS. The third-order valence-electron chi connectivity index (χ3n) is 3.60. The zero-order valence-corrected chi connectivity index (χ0v) is 13.9. The van der Waals surface area contributed by atoms with Crippen LogP contribution < -0.4 is 0 Å². The summed E-state index contributed by atoms with van der Waals surface area (Å²) in [5.74, 6) is 0.620. The van der Waals surface area contributed by atoms with Crippen molar-refractivity contribution in [2.45, 2.75) is 78.2 Å². The Labute approximate surface area is 122 Å². The fraction of sp³-hybridized carbons (Fsp3) is 0.812. The molecule has 3 heteroatoms. The first-order chi connectivity index (χ1) is 8.88. The molecule has 0 fully saturated rings. The van der Waals surface area contributed by atoms with E-state index in [1.54, 1.807) is 11.3 Å². The molecule has 1 rings (SSSR count). The fourth-order valence-corrected chi connectivity index (χ4v) is 3.16. The van der Waals surface area contributed by atoms with Crippen LogP contribution in [0, 0.1) is 5.92 Å². The van der Waals surface area contributed by atoms with Crippen LogP contribution in [0.3, 0.4) is 0 Å². The Kier molecular flexibility index (Phi) is 6.48. The largest absolute Gasteiger partial charge is 0.387 e. The van der Waals surface area contributed by atoms with Crippen molar-refractivity contribution in [2.75, 3.05) is 0 Å². The van der Waals surface area contributed by atoms with E-state index in [0.29, 0.717) is 5.92 Å². The molecule has 1 N–H and O–H groups in total. The Morgan fingerprint density at radius 2 is 2.00 bits per heavy atom. The van der Waals surface area contributed by atoms with Gasteiger partial charge in [0.05, 0.1) is 16.8 Å². The van der Waals surface area contributed by atoms with Crippen molar-refractivity contribution in [2.24, 2.45) is 5.92 Å². The van der Waals surface area contributed by atoms with Gasteiger partial charge in [0.2, 0.25) is 0 Å². The first kappa shape index (κ1) is 16.6. The number of aliphatic hydroxyl groups is 1. The van der Waals surface area contributed by atoms with E-state index < -0.39 is 6.10 Å². The molecule has 0 bridgehead atoms. The number of thiazole rings is 1. The van der Waals surface area contributed by atoms with Gasteiger partial charge in [-0.2, -0.15) is 0 Å². The first-order valence-corrected chi connectivity index (χ1v) is 8.40. The molecule has 1 aromatic rings. The van der Waals surface area contributed by atoms with Crippen molar-refractivity contribution in [3.63, 3.8) is 0 Å². The van der Waals surface area contributed by atoms with E-state index >= 15 is 0 Å². The van der Waals surface area contributed by atoms with Crippen molar-refractivity contribution >= 4 is 11.3 Å². The molecule has 1 aromatic heterocycles. The van der Waals surface area contributed by atoms with Gasteiger partial charge in [0, 0.05) is 10.8 Å². The Morgan fingerprint density at radius 1 is 1.32 bits per heavy atom. The van der Waals surface area contributed by atoms with Gasteiger partial charge < -0.3 is 5.11 Å². The summed E-state index contributed by atoms with van der Waals surface area (Å²) in [7, 11) is 0. The average Bonchev–Trinajstić information content (AvgIpc) is 2.83. The fourth-order valence-electron chi connectivity index (χ4n) is 2.20. The number of hydrogen-bond acceptors (Lipinski definition) is 3. The van der Waals surface area contributed by atoms with E-state index in [1.807, 2.05) is 5.38 Å². The van der Waals surface area contributed by atoms with Crippen molar-refractivity contribution in [3.8, 4) is 0 Å². The SMILES string of the molecule is CCCCC(CC)CC(O)c1csc(C(C)(C)C)n1. The minimum atomic E-state index is -0.394. The minimum absolute atomic E-state index is 0.0784. The topological polar surface area (TPSA) is 33.1 Å². The summed E-state index contributed by atoms with van der Waals surface area (Å²) in [6.07, 6.45) is 5.32. The first-order valence-electron chi connectivity index (χ1n) is 7.52. The van der Waals surface area contributed by atoms with Gasteiger partial charge in [0.15, 0.2) is 0 Å². The third-order valence-corrected chi connectivity index (χ3v) is 4.89. The van der Waals surface area contributed by atoms with E-state index in [4.69, 9.17) is 0 Å². The van der Waals surface area contributed by atoms with Gasteiger partial charge in [-0.15, -0.1) is 11.3 Å². The molecule has 0 radical (unpaired) electrons. The highest BCUT2D eigenvalue weighted by atomic mass is 32.1. The molecule has 0 aliphatic heterocycles. The lowest BCUT2D eigenvalue weighted by atomic mass is 9.92.